The van der Waals surface area contributed by atoms with Crippen LogP contribution < -0.4 is 15.8 Å². The SMILES string of the molecule is CCOc1ccc(C(=O)NC(C)c2nc(C)cs2)cc1N. The maximum absolute atomic E-state index is 12.2. The van der Waals surface area contributed by atoms with E-state index in [2.05, 4.69) is 10.3 Å². The minimum atomic E-state index is -0.176. The number of hydrogen-bond acceptors (Lipinski definition) is 5. The molecule has 0 aliphatic carbocycles. The summed E-state index contributed by atoms with van der Waals surface area (Å²) in [5.74, 6) is 0.419. The lowest BCUT2D eigenvalue weighted by Crippen LogP contribution is -2.26. The number of nitrogens with zero attached hydrogens (tertiary/aromatic N) is 1. The molecule has 0 aliphatic heterocycles. The first-order chi connectivity index (χ1) is 10.0. The number of carbonyl (C=O) groups excluding carboxylic acids is 1. The Bertz CT molecular complexity index is 640. The number of aryl methyl sites for hydroxylation is 1. The summed E-state index contributed by atoms with van der Waals surface area (Å²) in [6, 6.07) is 4.91. The predicted octanol–water partition coefficient (Wildman–Crippen LogP) is 2.92. The minimum Gasteiger partial charge on any atom is -0.492 e. The van der Waals surface area contributed by atoms with Crippen LogP contribution in [-0.4, -0.2) is 17.5 Å². The van der Waals surface area contributed by atoms with E-state index >= 15 is 0 Å². The van der Waals surface area contributed by atoms with Gasteiger partial charge < -0.3 is 15.8 Å². The molecule has 0 bridgehead atoms. The van der Waals surface area contributed by atoms with E-state index in [1.54, 1.807) is 18.2 Å². The Balaban J connectivity index is 2.08. The Labute approximate surface area is 128 Å². The summed E-state index contributed by atoms with van der Waals surface area (Å²) < 4.78 is 5.36. The highest BCUT2D eigenvalue weighted by atomic mass is 32.1. The Morgan fingerprint density at radius 3 is 2.86 bits per heavy atom. The van der Waals surface area contributed by atoms with Gasteiger partial charge in [0.15, 0.2) is 0 Å². The summed E-state index contributed by atoms with van der Waals surface area (Å²) in [5.41, 5.74) is 7.81. The zero-order chi connectivity index (χ0) is 15.4. The maximum atomic E-state index is 12.2. The maximum Gasteiger partial charge on any atom is 0.251 e. The second-order valence-corrected chi connectivity index (χ2v) is 5.60. The average Bonchev–Trinajstić information content (AvgIpc) is 2.88. The topological polar surface area (TPSA) is 77.2 Å². The highest BCUT2D eigenvalue weighted by molar-refractivity contribution is 7.09. The molecule has 0 saturated heterocycles. The fourth-order valence-corrected chi connectivity index (χ4v) is 2.69. The summed E-state index contributed by atoms with van der Waals surface area (Å²) in [5, 5.41) is 5.77. The third-order valence-electron chi connectivity index (χ3n) is 2.93. The third kappa shape index (κ3) is 3.72. The molecule has 1 heterocycles. The Morgan fingerprint density at radius 1 is 1.52 bits per heavy atom. The van der Waals surface area contributed by atoms with Gasteiger partial charge in [-0.15, -0.1) is 11.3 Å². The number of nitrogens with two attached hydrogens (primary N) is 1. The van der Waals surface area contributed by atoms with Crippen molar-refractivity contribution in [1.82, 2.24) is 10.3 Å². The van der Waals surface area contributed by atoms with Gasteiger partial charge in [-0.25, -0.2) is 4.98 Å². The number of nitrogen functional groups attached to an aromatic ring is 1. The van der Waals surface area contributed by atoms with E-state index in [4.69, 9.17) is 10.5 Å². The largest absolute Gasteiger partial charge is 0.492 e. The molecule has 1 aromatic carbocycles. The van der Waals surface area contributed by atoms with Crippen molar-refractivity contribution in [3.63, 3.8) is 0 Å². The van der Waals surface area contributed by atoms with Gasteiger partial charge in [-0.05, 0) is 39.0 Å². The lowest BCUT2D eigenvalue weighted by atomic mass is 10.1. The molecule has 1 amide bonds. The molecule has 0 fully saturated rings. The number of anilines is 1. The van der Waals surface area contributed by atoms with Crippen LogP contribution in [0.4, 0.5) is 5.69 Å². The quantitative estimate of drug-likeness (QED) is 0.833. The normalized spacial score (nSPS) is 12.0. The van der Waals surface area contributed by atoms with E-state index in [1.165, 1.54) is 11.3 Å². The molecular formula is C15H19N3O2S. The average molecular weight is 305 g/mol. The molecule has 0 radical (unpaired) electrons. The van der Waals surface area contributed by atoms with E-state index in [0.717, 1.165) is 10.7 Å². The Morgan fingerprint density at radius 2 is 2.29 bits per heavy atom. The number of carbonyl (C=O) groups is 1. The van der Waals surface area contributed by atoms with Crippen LogP contribution in [0.25, 0.3) is 0 Å². The highest BCUT2D eigenvalue weighted by Crippen LogP contribution is 2.23. The zero-order valence-corrected chi connectivity index (χ0v) is 13.2. The van der Waals surface area contributed by atoms with Crippen LogP contribution in [0.15, 0.2) is 23.6 Å². The number of aromatic nitrogens is 1. The van der Waals surface area contributed by atoms with Crippen LogP contribution in [0, 0.1) is 6.92 Å². The number of nitrogens with one attached hydrogen (secondary N) is 1. The van der Waals surface area contributed by atoms with Crippen molar-refractivity contribution in [3.8, 4) is 5.75 Å². The number of ether oxygens (including phenoxy) is 1. The van der Waals surface area contributed by atoms with Crippen LogP contribution in [-0.2, 0) is 0 Å². The fraction of sp³-hybridized carbons (Fsp3) is 0.333. The molecule has 1 atom stereocenters. The van der Waals surface area contributed by atoms with E-state index in [-0.39, 0.29) is 11.9 Å². The van der Waals surface area contributed by atoms with Crippen molar-refractivity contribution in [2.75, 3.05) is 12.3 Å². The van der Waals surface area contributed by atoms with Crippen molar-refractivity contribution in [3.05, 3.63) is 39.8 Å². The summed E-state index contributed by atoms with van der Waals surface area (Å²) >= 11 is 1.54. The molecule has 1 unspecified atom stereocenters. The molecule has 1 aromatic heterocycles. The molecule has 112 valence electrons. The third-order valence-corrected chi connectivity index (χ3v) is 4.07. The molecule has 0 spiro atoms. The second kappa shape index (κ2) is 6.58. The smallest absolute Gasteiger partial charge is 0.251 e. The van der Waals surface area contributed by atoms with Gasteiger partial charge >= 0.3 is 0 Å². The summed E-state index contributed by atoms with van der Waals surface area (Å²) in [4.78, 5) is 16.6. The zero-order valence-electron chi connectivity index (χ0n) is 12.3. The van der Waals surface area contributed by atoms with Crippen LogP contribution in [0.1, 0.15) is 40.9 Å². The van der Waals surface area contributed by atoms with Crippen LogP contribution in [0.3, 0.4) is 0 Å². The molecule has 5 nitrogen and oxygen atoms in total. The van der Waals surface area contributed by atoms with E-state index in [1.807, 2.05) is 26.2 Å². The molecule has 0 aliphatic rings. The van der Waals surface area contributed by atoms with Gasteiger partial charge in [0.2, 0.25) is 0 Å². The molecule has 0 saturated carbocycles. The highest BCUT2D eigenvalue weighted by Gasteiger charge is 2.15. The molecule has 6 heteroatoms. The van der Waals surface area contributed by atoms with E-state index < -0.39 is 0 Å². The lowest BCUT2D eigenvalue weighted by Gasteiger charge is -2.13. The molecule has 2 rings (SSSR count). The van der Waals surface area contributed by atoms with Gasteiger partial charge in [0, 0.05) is 16.6 Å². The van der Waals surface area contributed by atoms with Crippen molar-refractivity contribution >= 4 is 22.9 Å². The van der Waals surface area contributed by atoms with E-state index in [9.17, 15) is 4.79 Å². The van der Waals surface area contributed by atoms with Crippen LogP contribution >= 0.6 is 11.3 Å². The van der Waals surface area contributed by atoms with Gasteiger partial charge in [0.25, 0.3) is 5.91 Å². The standard InChI is InChI=1S/C15H19N3O2S/c1-4-20-13-6-5-11(7-12(13)16)14(19)18-10(3)15-17-9(2)8-21-15/h5-8,10H,4,16H2,1-3H3,(H,18,19). The minimum absolute atomic E-state index is 0.135. The van der Waals surface area contributed by atoms with Gasteiger partial charge in [0.1, 0.15) is 10.8 Å². The first-order valence-electron chi connectivity index (χ1n) is 6.76. The van der Waals surface area contributed by atoms with Gasteiger partial charge in [-0.2, -0.15) is 0 Å². The number of rotatable bonds is 5. The number of benzene rings is 1. The summed E-state index contributed by atoms with van der Waals surface area (Å²) in [6.07, 6.45) is 0. The lowest BCUT2D eigenvalue weighted by molar-refractivity contribution is 0.0940. The Kier molecular flexibility index (Phi) is 4.80. The Hall–Kier alpha value is -2.08. The van der Waals surface area contributed by atoms with Crippen LogP contribution in [0.2, 0.25) is 0 Å². The first-order valence-corrected chi connectivity index (χ1v) is 7.64. The number of hydrogen-bond donors (Lipinski definition) is 2. The van der Waals surface area contributed by atoms with Crippen molar-refractivity contribution in [1.29, 1.82) is 0 Å². The monoisotopic (exact) mass is 305 g/mol. The summed E-state index contributed by atoms with van der Waals surface area (Å²) in [7, 11) is 0. The van der Waals surface area contributed by atoms with Crippen LogP contribution in [0.5, 0.6) is 5.75 Å². The number of amides is 1. The molecule has 21 heavy (non-hydrogen) atoms. The molecule has 3 N–H and O–H groups in total. The van der Waals surface area contributed by atoms with Crippen molar-refractivity contribution in [2.24, 2.45) is 0 Å². The van der Waals surface area contributed by atoms with Gasteiger partial charge in [0.05, 0.1) is 18.3 Å². The first kappa shape index (κ1) is 15.3. The number of thiazole rings is 1. The fourth-order valence-electron chi connectivity index (χ4n) is 1.89. The molecular weight excluding hydrogens is 286 g/mol. The van der Waals surface area contributed by atoms with E-state index in [0.29, 0.717) is 23.6 Å². The molecule has 2 aromatic rings. The summed E-state index contributed by atoms with van der Waals surface area (Å²) in [6.45, 7) is 6.27. The van der Waals surface area contributed by atoms with Crippen molar-refractivity contribution < 1.29 is 9.53 Å². The van der Waals surface area contributed by atoms with Gasteiger partial charge in [-0.3, -0.25) is 4.79 Å². The second-order valence-electron chi connectivity index (χ2n) is 4.71. The predicted molar refractivity (Wildman–Crippen MR) is 84.8 cm³/mol. The van der Waals surface area contributed by atoms with Gasteiger partial charge in [-0.1, -0.05) is 0 Å². The van der Waals surface area contributed by atoms with Crippen molar-refractivity contribution in [2.45, 2.75) is 26.8 Å².